The van der Waals surface area contributed by atoms with Crippen molar-refractivity contribution >= 4 is 28.3 Å². The molecule has 1 aliphatic rings. The van der Waals surface area contributed by atoms with Gasteiger partial charge in [-0.3, -0.25) is 14.9 Å². The number of fused-ring (bicyclic) bond motifs is 1. The molecule has 2 heterocycles. The number of nitrogens with one attached hydrogen (secondary N) is 1. The van der Waals surface area contributed by atoms with Crippen molar-refractivity contribution in [1.82, 2.24) is 15.1 Å². The average molecular weight is 366 g/mol. The van der Waals surface area contributed by atoms with Crippen LogP contribution in [0.15, 0.2) is 66.2 Å². The number of nitrogens with zero attached hydrogens (tertiary/aromatic N) is 3. The molecular formula is C19H18N4O2S. The minimum Gasteiger partial charge on any atom is -0.318 e. The molecule has 0 radical (unpaired) electrons. The third-order valence-corrected chi connectivity index (χ3v) is 4.57. The Bertz CT molecular complexity index is 887. The van der Waals surface area contributed by atoms with Crippen LogP contribution < -0.4 is 5.32 Å². The number of benzene rings is 1. The number of amides is 2. The lowest BCUT2D eigenvalue weighted by Crippen LogP contribution is -2.45. The maximum absolute atomic E-state index is 12.9. The summed E-state index contributed by atoms with van der Waals surface area (Å²) in [7, 11) is 0. The van der Waals surface area contributed by atoms with Crippen molar-refractivity contribution < 1.29 is 9.59 Å². The number of carbonyl (C=O) groups is 2. The lowest BCUT2D eigenvalue weighted by Gasteiger charge is -2.27. The topological polar surface area (TPSA) is 75.2 Å². The van der Waals surface area contributed by atoms with Gasteiger partial charge in [-0.15, -0.1) is 10.2 Å². The normalized spacial score (nSPS) is 14.8. The highest BCUT2D eigenvalue weighted by Gasteiger charge is 2.37. The van der Waals surface area contributed by atoms with Crippen LogP contribution >= 0.6 is 11.3 Å². The van der Waals surface area contributed by atoms with Crippen LogP contribution in [0, 0.1) is 0 Å². The molecular weight excluding hydrogens is 348 g/mol. The molecule has 2 aromatic rings. The second kappa shape index (κ2) is 7.88. The van der Waals surface area contributed by atoms with E-state index in [0.29, 0.717) is 22.8 Å². The second-order valence-corrected chi connectivity index (χ2v) is 6.52. The number of aromatic nitrogens is 2. The van der Waals surface area contributed by atoms with E-state index in [0.717, 1.165) is 5.56 Å². The van der Waals surface area contributed by atoms with Gasteiger partial charge >= 0.3 is 0 Å². The fraction of sp³-hybridized carbons (Fsp3) is 0.158. The molecule has 1 aromatic heterocycles. The first-order chi connectivity index (χ1) is 12.6. The van der Waals surface area contributed by atoms with E-state index >= 15 is 0 Å². The number of hydrogen-bond acceptors (Lipinski definition) is 5. The van der Waals surface area contributed by atoms with Crippen LogP contribution in [-0.2, 0) is 11.3 Å². The summed E-state index contributed by atoms with van der Waals surface area (Å²) in [5.41, 5.74) is 3.57. The molecule has 1 N–H and O–H groups in total. The van der Waals surface area contributed by atoms with E-state index in [9.17, 15) is 9.59 Å². The van der Waals surface area contributed by atoms with Crippen molar-refractivity contribution in [2.24, 2.45) is 0 Å². The lowest BCUT2D eigenvalue weighted by molar-refractivity contribution is -0.119. The number of anilines is 1. The Kier molecular flexibility index (Phi) is 5.38. The van der Waals surface area contributed by atoms with Crippen LogP contribution in [0.25, 0.3) is 0 Å². The lowest BCUT2D eigenvalue weighted by atomic mass is 10.1. The first-order valence-electron chi connectivity index (χ1n) is 8.06. The zero-order chi connectivity index (χ0) is 18.5. The molecule has 132 valence electrons. The molecule has 1 atom stereocenters. The maximum atomic E-state index is 12.9. The molecule has 26 heavy (non-hydrogen) atoms. The standard InChI is InChI=1S/C19H18N4O2S/c1-3-4-5-8-13(2)16(17(24)21-19-22-20-12-26-19)23-11-14-9-6-7-10-15(14)18(23)25/h3-10,12,16H,2,11H2,1H3,(H,21,22,24)/b4-3-,8-5-/t16-/m0/s1. The molecule has 6 nitrogen and oxygen atoms in total. The Balaban J connectivity index is 1.89. The smallest absolute Gasteiger partial charge is 0.255 e. The zero-order valence-electron chi connectivity index (χ0n) is 14.3. The summed E-state index contributed by atoms with van der Waals surface area (Å²) < 4.78 is 0. The molecule has 0 saturated carbocycles. The van der Waals surface area contributed by atoms with E-state index in [1.807, 2.05) is 37.3 Å². The fourth-order valence-electron chi connectivity index (χ4n) is 2.78. The van der Waals surface area contributed by atoms with Gasteiger partial charge in [0.2, 0.25) is 5.13 Å². The third kappa shape index (κ3) is 3.62. The Morgan fingerprint density at radius 3 is 2.88 bits per heavy atom. The largest absolute Gasteiger partial charge is 0.318 e. The van der Waals surface area contributed by atoms with Gasteiger partial charge < -0.3 is 4.90 Å². The molecule has 2 amide bonds. The predicted molar refractivity (Wildman–Crippen MR) is 102 cm³/mol. The Morgan fingerprint density at radius 1 is 1.38 bits per heavy atom. The summed E-state index contributed by atoms with van der Waals surface area (Å²) in [6.07, 6.45) is 7.24. The first-order valence-corrected chi connectivity index (χ1v) is 8.94. The van der Waals surface area contributed by atoms with Crippen LogP contribution in [0.5, 0.6) is 0 Å². The van der Waals surface area contributed by atoms with Crippen molar-refractivity contribution in [3.63, 3.8) is 0 Å². The quantitative estimate of drug-likeness (QED) is 0.797. The monoisotopic (exact) mass is 366 g/mol. The van der Waals surface area contributed by atoms with Crippen LogP contribution in [0.1, 0.15) is 22.8 Å². The van der Waals surface area contributed by atoms with Crippen molar-refractivity contribution in [2.45, 2.75) is 19.5 Å². The van der Waals surface area contributed by atoms with E-state index in [2.05, 4.69) is 22.1 Å². The number of hydrogen-bond donors (Lipinski definition) is 1. The maximum Gasteiger partial charge on any atom is 0.255 e. The van der Waals surface area contributed by atoms with Crippen LogP contribution in [0.4, 0.5) is 5.13 Å². The summed E-state index contributed by atoms with van der Waals surface area (Å²) in [4.78, 5) is 27.2. The summed E-state index contributed by atoms with van der Waals surface area (Å²) in [5, 5.41) is 10.6. The second-order valence-electron chi connectivity index (χ2n) is 5.69. The fourth-order valence-corrected chi connectivity index (χ4v) is 3.23. The van der Waals surface area contributed by atoms with Gasteiger partial charge in [-0.2, -0.15) is 0 Å². The van der Waals surface area contributed by atoms with Crippen LogP contribution in [0.2, 0.25) is 0 Å². The zero-order valence-corrected chi connectivity index (χ0v) is 15.1. The minimum atomic E-state index is -0.833. The molecule has 7 heteroatoms. The van der Waals surface area contributed by atoms with Crippen molar-refractivity contribution in [2.75, 3.05) is 5.32 Å². The Hall–Kier alpha value is -3.06. The highest BCUT2D eigenvalue weighted by atomic mass is 32.1. The third-order valence-electron chi connectivity index (χ3n) is 3.96. The average Bonchev–Trinajstić information content (AvgIpc) is 3.24. The minimum absolute atomic E-state index is 0.182. The van der Waals surface area contributed by atoms with Gasteiger partial charge in [-0.25, -0.2) is 0 Å². The van der Waals surface area contributed by atoms with Gasteiger partial charge in [0.15, 0.2) is 0 Å². The van der Waals surface area contributed by atoms with E-state index in [-0.39, 0.29) is 11.8 Å². The van der Waals surface area contributed by atoms with E-state index in [4.69, 9.17) is 0 Å². The first kappa shape index (κ1) is 17.8. The summed E-state index contributed by atoms with van der Waals surface area (Å²) >= 11 is 1.22. The van der Waals surface area contributed by atoms with Crippen molar-refractivity contribution in [3.8, 4) is 0 Å². The molecule has 1 aliphatic heterocycles. The van der Waals surface area contributed by atoms with Gasteiger partial charge in [0, 0.05) is 12.1 Å². The Morgan fingerprint density at radius 2 is 2.19 bits per heavy atom. The van der Waals surface area contributed by atoms with E-state index in [1.165, 1.54) is 21.7 Å². The molecule has 3 rings (SSSR count). The number of rotatable bonds is 6. The molecule has 0 saturated heterocycles. The molecule has 0 spiro atoms. The molecule has 1 aromatic carbocycles. The molecule has 0 aliphatic carbocycles. The number of carbonyl (C=O) groups excluding carboxylic acids is 2. The van der Waals surface area contributed by atoms with Gasteiger partial charge in [0.05, 0.1) is 0 Å². The van der Waals surface area contributed by atoms with Gasteiger partial charge in [0.25, 0.3) is 11.8 Å². The van der Waals surface area contributed by atoms with Gasteiger partial charge in [-0.1, -0.05) is 60.4 Å². The SMILES string of the molecule is C=C(/C=C\C=C/C)[C@@H](C(=O)Nc1nncs1)N1Cc2ccccc2C1=O. The van der Waals surface area contributed by atoms with Crippen molar-refractivity contribution in [1.29, 1.82) is 0 Å². The van der Waals surface area contributed by atoms with Gasteiger partial charge in [-0.05, 0) is 24.1 Å². The molecule has 0 unspecified atom stereocenters. The molecule has 0 fully saturated rings. The van der Waals surface area contributed by atoms with Crippen LogP contribution in [0.3, 0.4) is 0 Å². The highest BCUT2D eigenvalue weighted by molar-refractivity contribution is 7.13. The van der Waals surface area contributed by atoms with Crippen molar-refractivity contribution in [3.05, 3.63) is 77.4 Å². The highest BCUT2D eigenvalue weighted by Crippen LogP contribution is 2.27. The van der Waals surface area contributed by atoms with Crippen LogP contribution in [-0.4, -0.2) is 33.0 Å². The van der Waals surface area contributed by atoms with E-state index in [1.54, 1.807) is 18.2 Å². The summed E-state index contributed by atoms with van der Waals surface area (Å²) in [5.74, 6) is -0.545. The van der Waals surface area contributed by atoms with Gasteiger partial charge in [0.1, 0.15) is 11.6 Å². The summed E-state index contributed by atoms with van der Waals surface area (Å²) in [6.45, 7) is 6.27. The Labute approximate surface area is 155 Å². The van der Waals surface area contributed by atoms with E-state index < -0.39 is 6.04 Å². The molecule has 0 bridgehead atoms. The number of allylic oxidation sites excluding steroid dienone is 3. The summed E-state index contributed by atoms with van der Waals surface area (Å²) in [6, 6.07) is 6.53. The predicted octanol–water partition coefficient (Wildman–Crippen LogP) is 3.19.